The van der Waals surface area contributed by atoms with Crippen molar-refractivity contribution in [2.75, 3.05) is 18.5 Å². The van der Waals surface area contributed by atoms with Gasteiger partial charge >= 0.3 is 0 Å². The van der Waals surface area contributed by atoms with Crippen LogP contribution in [0.1, 0.15) is 15.9 Å². The number of carbonyl (C=O) groups is 1. The molecule has 0 bridgehead atoms. The number of carbonyl (C=O) groups excluding carboxylic acids is 1. The molecule has 3 rings (SSSR count). The predicted molar refractivity (Wildman–Crippen MR) is 118 cm³/mol. The Morgan fingerprint density at radius 1 is 1.03 bits per heavy atom. The number of hydrogen-bond donors (Lipinski definition) is 1. The highest BCUT2D eigenvalue weighted by Gasteiger charge is 2.22. The summed E-state index contributed by atoms with van der Waals surface area (Å²) in [5.41, 5.74) is 1.62. The van der Waals surface area contributed by atoms with E-state index in [1.165, 1.54) is 37.4 Å². The number of rotatable bonds is 7. The highest BCUT2D eigenvalue weighted by molar-refractivity contribution is 7.92. The van der Waals surface area contributed by atoms with Gasteiger partial charge in [0.15, 0.2) is 0 Å². The first kappa shape index (κ1) is 21.7. The Balaban J connectivity index is 1.76. The van der Waals surface area contributed by atoms with Crippen LogP contribution in [0.25, 0.3) is 0 Å². The van der Waals surface area contributed by atoms with Gasteiger partial charge in [-0.2, -0.15) is 0 Å². The first-order valence-corrected chi connectivity index (χ1v) is 10.9. The second kappa shape index (κ2) is 9.19. The lowest BCUT2D eigenvalue weighted by Crippen LogP contribution is -2.27. The van der Waals surface area contributed by atoms with Crippen LogP contribution in [0.15, 0.2) is 77.7 Å². The molecule has 30 heavy (non-hydrogen) atoms. The lowest BCUT2D eigenvalue weighted by atomic mass is 10.1. The summed E-state index contributed by atoms with van der Waals surface area (Å²) >= 11 is 5.84. The fourth-order valence-electron chi connectivity index (χ4n) is 2.81. The van der Waals surface area contributed by atoms with E-state index < -0.39 is 10.0 Å². The Bertz CT molecular complexity index is 1150. The van der Waals surface area contributed by atoms with E-state index in [0.29, 0.717) is 28.6 Å². The maximum absolute atomic E-state index is 12.9. The van der Waals surface area contributed by atoms with Gasteiger partial charge in [0.25, 0.3) is 15.9 Å². The molecule has 0 aromatic heterocycles. The van der Waals surface area contributed by atoms with Crippen molar-refractivity contribution in [1.29, 1.82) is 0 Å². The number of methoxy groups -OCH3 is 1. The Morgan fingerprint density at radius 2 is 1.73 bits per heavy atom. The van der Waals surface area contributed by atoms with Crippen LogP contribution in [-0.2, 0) is 16.6 Å². The van der Waals surface area contributed by atoms with Gasteiger partial charge in [0, 0.05) is 24.2 Å². The van der Waals surface area contributed by atoms with E-state index in [-0.39, 0.29) is 10.8 Å². The van der Waals surface area contributed by atoms with Gasteiger partial charge < -0.3 is 10.1 Å². The Morgan fingerprint density at radius 3 is 2.43 bits per heavy atom. The van der Waals surface area contributed by atoms with Gasteiger partial charge in [0.05, 0.1) is 17.7 Å². The largest absolute Gasteiger partial charge is 0.497 e. The van der Waals surface area contributed by atoms with E-state index in [4.69, 9.17) is 16.3 Å². The molecular formula is C22H21ClN2O4S. The molecule has 8 heteroatoms. The summed E-state index contributed by atoms with van der Waals surface area (Å²) in [6.07, 6.45) is 0. The van der Waals surface area contributed by atoms with Gasteiger partial charge in [0.1, 0.15) is 5.75 Å². The zero-order valence-corrected chi connectivity index (χ0v) is 18.1. The highest BCUT2D eigenvalue weighted by atomic mass is 35.5. The topological polar surface area (TPSA) is 75.7 Å². The van der Waals surface area contributed by atoms with Crippen LogP contribution in [0.5, 0.6) is 5.75 Å². The minimum absolute atomic E-state index is 0.113. The third-order valence-electron chi connectivity index (χ3n) is 4.53. The van der Waals surface area contributed by atoms with E-state index in [9.17, 15) is 13.2 Å². The molecule has 0 aliphatic carbocycles. The molecule has 0 atom stereocenters. The summed E-state index contributed by atoms with van der Waals surface area (Å²) in [6.45, 7) is 0.319. The third-order valence-corrected chi connectivity index (χ3v) is 6.58. The molecule has 0 fully saturated rings. The minimum atomic E-state index is -3.79. The molecule has 0 saturated heterocycles. The molecule has 1 amide bonds. The molecule has 156 valence electrons. The maximum atomic E-state index is 12.9. The normalized spacial score (nSPS) is 11.0. The van der Waals surface area contributed by atoms with Gasteiger partial charge in [0.2, 0.25) is 0 Å². The SMILES string of the molecule is COc1cccc(CNC(=O)c2cccc(N(C)S(=O)(=O)c3ccc(Cl)cc3)c2)c1. The van der Waals surface area contributed by atoms with Crippen LogP contribution in [-0.4, -0.2) is 28.5 Å². The molecule has 0 unspecified atom stereocenters. The second-order valence-electron chi connectivity index (χ2n) is 6.51. The molecular weight excluding hydrogens is 424 g/mol. The van der Waals surface area contributed by atoms with Gasteiger partial charge in [-0.1, -0.05) is 29.8 Å². The lowest BCUT2D eigenvalue weighted by molar-refractivity contribution is 0.0951. The van der Waals surface area contributed by atoms with E-state index in [0.717, 1.165) is 9.87 Å². The molecule has 0 radical (unpaired) electrons. The van der Waals surface area contributed by atoms with Crippen molar-refractivity contribution in [2.24, 2.45) is 0 Å². The van der Waals surface area contributed by atoms with Crippen LogP contribution < -0.4 is 14.4 Å². The highest BCUT2D eigenvalue weighted by Crippen LogP contribution is 2.24. The van der Waals surface area contributed by atoms with Crippen molar-refractivity contribution in [1.82, 2.24) is 5.32 Å². The van der Waals surface area contributed by atoms with Crippen molar-refractivity contribution in [3.05, 3.63) is 88.9 Å². The van der Waals surface area contributed by atoms with E-state index in [1.807, 2.05) is 24.3 Å². The summed E-state index contributed by atoms with van der Waals surface area (Å²) < 4.78 is 32.0. The van der Waals surface area contributed by atoms with Crippen molar-refractivity contribution in [3.63, 3.8) is 0 Å². The van der Waals surface area contributed by atoms with Gasteiger partial charge in [-0.05, 0) is 60.2 Å². The summed E-state index contributed by atoms with van der Waals surface area (Å²) in [5, 5.41) is 3.28. The zero-order chi connectivity index (χ0) is 21.7. The average molecular weight is 445 g/mol. The molecule has 0 aliphatic rings. The van der Waals surface area contributed by atoms with Gasteiger partial charge in [-0.3, -0.25) is 9.10 Å². The fourth-order valence-corrected chi connectivity index (χ4v) is 4.13. The minimum Gasteiger partial charge on any atom is -0.497 e. The van der Waals surface area contributed by atoms with Crippen molar-refractivity contribution in [3.8, 4) is 5.75 Å². The molecule has 0 spiro atoms. The van der Waals surface area contributed by atoms with E-state index >= 15 is 0 Å². The monoisotopic (exact) mass is 444 g/mol. The number of amides is 1. The number of ether oxygens (including phenoxy) is 1. The molecule has 1 N–H and O–H groups in total. The Kier molecular flexibility index (Phi) is 6.64. The van der Waals surface area contributed by atoms with Crippen molar-refractivity contribution >= 4 is 33.2 Å². The quantitative estimate of drug-likeness (QED) is 0.595. The third kappa shape index (κ3) is 4.93. The van der Waals surface area contributed by atoms with Crippen molar-refractivity contribution in [2.45, 2.75) is 11.4 Å². The predicted octanol–water partition coefficient (Wildman–Crippen LogP) is 4.10. The number of halogens is 1. The standard InChI is InChI=1S/C22H21ClN2O4S/c1-25(30(27,28)21-11-9-18(23)10-12-21)19-7-4-6-17(14-19)22(26)24-15-16-5-3-8-20(13-16)29-2/h3-14H,15H2,1-2H3,(H,24,26). The smallest absolute Gasteiger partial charge is 0.264 e. The molecule has 0 heterocycles. The Hall–Kier alpha value is -3.03. The van der Waals surface area contributed by atoms with Crippen LogP contribution in [0, 0.1) is 0 Å². The molecule has 0 aliphatic heterocycles. The van der Waals surface area contributed by atoms with Crippen LogP contribution in [0.3, 0.4) is 0 Å². The second-order valence-corrected chi connectivity index (χ2v) is 8.92. The first-order chi connectivity index (χ1) is 14.3. The number of sulfonamides is 1. The van der Waals surface area contributed by atoms with E-state index in [1.54, 1.807) is 25.3 Å². The number of anilines is 1. The number of nitrogens with zero attached hydrogens (tertiary/aromatic N) is 1. The zero-order valence-electron chi connectivity index (χ0n) is 16.5. The maximum Gasteiger partial charge on any atom is 0.264 e. The van der Waals surface area contributed by atoms with Crippen molar-refractivity contribution < 1.29 is 17.9 Å². The molecule has 3 aromatic carbocycles. The lowest BCUT2D eigenvalue weighted by Gasteiger charge is -2.20. The molecule has 6 nitrogen and oxygen atoms in total. The molecule has 0 saturated carbocycles. The Labute approximate surface area is 181 Å². The van der Waals surface area contributed by atoms with Crippen LogP contribution >= 0.6 is 11.6 Å². The van der Waals surface area contributed by atoms with Crippen LogP contribution in [0.2, 0.25) is 5.02 Å². The fraction of sp³-hybridized carbons (Fsp3) is 0.136. The summed E-state index contributed by atoms with van der Waals surface area (Å²) in [7, 11) is -0.762. The summed E-state index contributed by atoms with van der Waals surface area (Å²) in [6, 6.07) is 19.8. The first-order valence-electron chi connectivity index (χ1n) is 9.07. The number of benzene rings is 3. The average Bonchev–Trinajstić information content (AvgIpc) is 2.77. The van der Waals surface area contributed by atoms with E-state index in [2.05, 4.69) is 5.32 Å². The summed E-state index contributed by atoms with van der Waals surface area (Å²) in [5.74, 6) is 0.398. The summed E-state index contributed by atoms with van der Waals surface area (Å²) in [4.78, 5) is 12.7. The van der Waals surface area contributed by atoms with Gasteiger partial charge in [-0.25, -0.2) is 8.42 Å². The number of nitrogens with one attached hydrogen (secondary N) is 1. The molecule has 3 aromatic rings. The number of hydrogen-bond acceptors (Lipinski definition) is 4. The van der Waals surface area contributed by atoms with Crippen LogP contribution in [0.4, 0.5) is 5.69 Å². The van der Waals surface area contributed by atoms with Gasteiger partial charge in [-0.15, -0.1) is 0 Å².